The van der Waals surface area contributed by atoms with Gasteiger partial charge in [-0.1, -0.05) is 11.6 Å². The van der Waals surface area contributed by atoms with E-state index < -0.39 is 12.0 Å². The number of hydrogen-bond donors (Lipinski definition) is 2. The van der Waals surface area contributed by atoms with E-state index in [1.54, 1.807) is 24.1 Å². The third kappa shape index (κ3) is 2.75. The molecular formula is C14H18N2O4. The number of hydrogen-bond acceptors (Lipinski definition) is 4. The number of aryl methyl sites for hydroxylation is 1. The maximum atomic E-state index is 11.9. The molecule has 2 N–H and O–H groups in total. The Bertz CT molecular complexity index is 530. The number of amides is 1. The average molecular weight is 278 g/mol. The summed E-state index contributed by atoms with van der Waals surface area (Å²) in [5.41, 5.74) is 1.64. The highest BCUT2D eigenvalue weighted by molar-refractivity contribution is 5.96. The lowest BCUT2D eigenvalue weighted by molar-refractivity contribution is -0.124. The maximum absolute atomic E-state index is 11.9. The molecule has 108 valence electrons. The highest BCUT2D eigenvalue weighted by atomic mass is 16.5. The quantitative estimate of drug-likeness (QED) is 0.848. The first-order chi connectivity index (χ1) is 9.54. The summed E-state index contributed by atoms with van der Waals surface area (Å²) < 4.78 is 5.33. The average Bonchev–Trinajstić information content (AvgIpc) is 2.46. The van der Waals surface area contributed by atoms with Gasteiger partial charge in [-0.3, -0.25) is 4.79 Å². The van der Waals surface area contributed by atoms with Gasteiger partial charge in [0.05, 0.1) is 24.5 Å². The second-order valence-electron chi connectivity index (χ2n) is 4.72. The van der Waals surface area contributed by atoms with Crippen LogP contribution in [0.15, 0.2) is 18.2 Å². The third-order valence-electron chi connectivity index (χ3n) is 3.37. The molecule has 1 aromatic rings. The van der Waals surface area contributed by atoms with Crippen molar-refractivity contribution in [3.8, 4) is 0 Å². The molecular weight excluding hydrogens is 260 g/mol. The highest BCUT2D eigenvalue weighted by Gasteiger charge is 2.31. The Kier molecular flexibility index (Phi) is 4.24. The number of benzene rings is 1. The molecule has 1 amide bonds. The lowest BCUT2D eigenvalue weighted by atomic mass is 10.1. The van der Waals surface area contributed by atoms with Gasteiger partial charge in [0.1, 0.15) is 6.04 Å². The number of nitrogens with one attached hydrogen (secondary N) is 1. The van der Waals surface area contributed by atoms with Crippen LogP contribution in [0.4, 0.5) is 5.69 Å². The number of carboxylic acid groups (broad SMARTS) is 1. The van der Waals surface area contributed by atoms with Crippen molar-refractivity contribution in [3.63, 3.8) is 0 Å². The van der Waals surface area contributed by atoms with Gasteiger partial charge in [-0.15, -0.1) is 0 Å². The van der Waals surface area contributed by atoms with Crippen LogP contribution in [-0.4, -0.2) is 49.8 Å². The second kappa shape index (κ2) is 5.92. The van der Waals surface area contributed by atoms with Crippen LogP contribution in [0.1, 0.15) is 15.9 Å². The van der Waals surface area contributed by atoms with Crippen LogP contribution in [-0.2, 0) is 9.53 Å². The lowest BCUT2D eigenvalue weighted by Crippen LogP contribution is -2.53. The van der Waals surface area contributed by atoms with Crippen LogP contribution < -0.4 is 10.2 Å². The molecule has 2 rings (SSSR count). The molecule has 1 unspecified atom stereocenters. The van der Waals surface area contributed by atoms with E-state index in [-0.39, 0.29) is 18.1 Å². The molecule has 1 aliphatic rings. The Morgan fingerprint density at radius 1 is 1.45 bits per heavy atom. The summed E-state index contributed by atoms with van der Waals surface area (Å²) in [6.07, 6.45) is 0. The number of nitrogens with zero attached hydrogens (tertiary/aromatic N) is 1. The number of ether oxygens (including phenoxy) is 1. The molecule has 0 aliphatic carbocycles. The normalized spacial score (nSPS) is 18.7. The monoisotopic (exact) mass is 278 g/mol. The van der Waals surface area contributed by atoms with E-state index in [4.69, 9.17) is 4.74 Å². The summed E-state index contributed by atoms with van der Waals surface area (Å²) in [5.74, 6) is -1.17. The Morgan fingerprint density at radius 2 is 2.20 bits per heavy atom. The predicted molar refractivity (Wildman–Crippen MR) is 74.2 cm³/mol. The Hall–Kier alpha value is -2.08. The molecule has 6 heteroatoms. The lowest BCUT2D eigenvalue weighted by Gasteiger charge is -2.36. The van der Waals surface area contributed by atoms with Crippen LogP contribution >= 0.6 is 0 Å². The van der Waals surface area contributed by atoms with E-state index in [1.807, 2.05) is 13.0 Å². The zero-order chi connectivity index (χ0) is 14.7. The van der Waals surface area contributed by atoms with Gasteiger partial charge in [0.15, 0.2) is 0 Å². The van der Waals surface area contributed by atoms with Gasteiger partial charge < -0.3 is 20.1 Å². The first-order valence-corrected chi connectivity index (χ1v) is 6.44. The highest BCUT2D eigenvalue weighted by Crippen LogP contribution is 2.25. The summed E-state index contributed by atoms with van der Waals surface area (Å²) in [6, 6.07) is 4.71. The first kappa shape index (κ1) is 14.3. The molecule has 0 spiro atoms. The summed E-state index contributed by atoms with van der Waals surface area (Å²) in [5, 5.41) is 11.9. The van der Waals surface area contributed by atoms with E-state index in [9.17, 15) is 14.7 Å². The van der Waals surface area contributed by atoms with Crippen molar-refractivity contribution in [1.82, 2.24) is 5.32 Å². The topological polar surface area (TPSA) is 78.9 Å². The van der Waals surface area contributed by atoms with Gasteiger partial charge in [-0.25, -0.2) is 4.79 Å². The summed E-state index contributed by atoms with van der Waals surface area (Å²) >= 11 is 0. The molecule has 1 atom stereocenters. The van der Waals surface area contributed by atoms with E-state index in [0.29, 0.717) is 18.8 Å². The molecule has 0 radical (unpaired) electrons. The second-order valence-corrected chi connectivity index (χ2v) is 4.72. The summed E-state index contributed by atoms with van der Waals surface area (Å²) in [7, 11) is 1.56. The standard InChI is InChI=1S/C14H18N2O4/c1-9-3-4-11(10(7-9)14(18)19)16-5-6-20-8-12(16)13(17)15-2/h3-4,7,12H,5-6,8H2,1-2H3,(H,15,17)(H,18,19). The van der Waals surface area contributed by atoms with Crippen LogP contribution in [0.25, 0.3) is 0 Å². The molecule has 0 saturated carbocycles. The number of rotatable bonds is 3. The molecule has 20 heavy (non-hydrogen) atoms. The zero-order valence-corrected chi connectivity index (χ0v) is 11.5. The van der Waals surface area contributed by atoms with Gasteiger partial charge in [0.25, 0.3) is 0 Å². The molecule has 6 nitrogen and oxygen atoms in total. The van der Waals surface area contributed by atoms with E-state index in [2.05, 4.69) is 5.32 Å². The van der Waals surface area contributed by atoms with E-state index in [0.717, 1.165) is 5.56 Å². The third-order valence-corrected chi connectivity index (χ3v) is 3.37. The van der Waals surface area contributed by atoms with Gasteiger partial charge in [-0.05, 0) is 19.1 Å². The SMILES string of the molecule is CNC(=O)C1COCCN1c1ccc(C)cc1C(=O)O. The largest absolute Gasteiger partial charge is 0.478 e. The Morgan fingerprint density at radius 3 is 2.85 bits per heavy atom. The van der Waals surface area contributed by atoms with E-state index in [1.165, 1.54) is 0 Å². The maximum Gasteiger partial charge on any atom is 0.337 e. The number of carbonyl (C=O) groups excluding carboxylic acids is 1. The molecule has 1 fully saturated rings. The minimum Gasteiger partial charge on any atom is -0.478 e. The number of anilines is 1. The fraction of sp³-hybridized carbons (Fsp3) is 0.429. The first-order valence-electron chi connectivity index (χ1n) is 6.44. The molecule has 1 saturated heterocycles. The fourth-order valence-electron chi connectivity index (χ4n) is 2.35. The van der Waals surface area contributed by atoms with Crippen LogP contribution in [0.3, 0.4) is 0 Å². The Balaban J connectivity index is 2.42. The number of likely N-dealkylation sites (N-methyl/N-ethyl adjacent to an activating group) is 1. The number of morpholine rings is 1. The van der Waals surface area contributed by atoms with Gasteiger partial charge in [0, 0.05) is 13.6 Å². The number of carboxylic acids is 1. The molecule has 1 aliphatic heterocycles. The van der Waals surface area contributed by atoms with Gasteiger partial charge in [-0.2, -0.15) is 0 Å². The van der Waals surface area contributed by atoms with E-state index >= 15 is 0 Å². The van der Waals surface area contributed by atoms with Gasteiger partial charge >= 0.3 is 5.97 Å². The van der Waals surface area contributed by atoms with Crippen molar-refractivity contribution in [1.29, 1.82) is 0 Å². The molecule has 1 aromatic carbocycles. The smallest absolute Gasteiger partial charge is 0.337 e. The fourth-order valence-corrected chi connectivity index (χ4v) is 2.35. The van der Waals surface area contributed by atoms with Crippen molar-refractivity contribution in [2.75, 3.05) is 31.7 Å². The van der Waals surface area contributed by atoms with Crippen molar-refractivity contribution in [3.05, 3.63) is 29.3 Å². The van der Waals surface area contributed by atoms with Crippen molar-refractivity contribution in [2.45, 2.75) is 13.0 Å². The number of carbonyl (C=O) groups is 2. The van der Waals surface area contributed by atoms with Crippen molar-refractivity contribution >= 4 is 17.6 Å². The zero-order valence-electron chi connectivity index (χ0n) is 11.5. The summed E-state index contributed by atoms with van der Waals surface area (Å²) in [6.45, 7) is 3.06. The summed E-state index contributed by atoms with van der Waals surface area (Å²) in [4.78, 5) is 25.1. The Labute approximate surface area is 117 Å². The molecule has 0 aromatic heterocycles. The van der Waals surface area contributed by atoms with Crippen LogP contribution in [0.5, 0.6) is 0 Å². The molecule has 1 heterocycles. The van der Waals surface area contributed by atoms with Gasteiger partial charge in [0.2, 0.25) is 5.91 Å². The van der Waals surface area contributed by atoms with Crippen molar-refractivity contribution < 1.29 is 19.4 Å². The minimum absolute atomic E-state index is 0.179. The van der Waals surface area contributed by atoms with Crippen LogP contribution in [0.2, 0.25) is 0 Å². The predicted octanol–water partition coefficient (Wildman–Crippen LogP) is 0.644. The minimum atomic E-state index is -0.995. The molecule has 0 bridgehead atoms. The van der Waals surface area contributed by atoms with Crippen molar-refractivity contribution in [2.24, 2.45) is 0 Å². The number of aromatic carboxylic acids is 1. The van der Waals surface area contributed by atoms with Crippen LogP contribution in [0, 0.1) is 6.92 Å².